The lowest BCUT2D eigenvalue weighted by Gasteiger charge is -2.05. The van der Waals surface area contributed by atoms with E-state index >= 15 is 0 Å². The maximum atomic E-state index is 13.4. The third-order valence-electron chi connectivity index (χ3n) is 2.63. The molecule has 0 bridgehead atoms. The van der Waals surface area contributed by atoms with Crippen molar-refractivity contribution >= 4 is 0 Å². The highest BCUT2D eigenvalue weighted by Crippen LogP contribution is 2.15. The van der Waals surface area contributed by atoms with Gasteiger partial charge in [0, 0.05) is 13.0 Å². The third-order valence-corrected chi connectivity index (χ3v) is 2.63. The van der Waals surface area contributed by atoms with Crippen LogP contribution in [0, 0.1) is 11.6 Å². The van der Waals surface area contributed by atoms with Gasteiger partial charge in [-0.2, -0.15) is 0 Å². The molecule has 0 radical (unpaired) electrons. The van der Waals surface area contributed by atoms with Crippen molar-refractivity contribution < 1.29 is 8.78 Å². The Hall–Kier alpha value is -1.74. The fourth-order valence-corrected chi connectivity index (χ4v) is 1.77. The molecular formula is C14H13F2N. The predicted octanol–water partition coefficient (Wildman–Crippen LogP) is 3.01. The standard InChI is InChI=1S/C14H13F2N/c15-13-4-5-14(16)12(8-13)7-10-2-1-3-11(6-10)9-17/h1-6,8H,7,9,17H2. The summed E-state index contributed by atoms with van der Waals surface area (Å²) in [6.07, 6.45) is 0.372. The lowest BCUT2D eigenvalue weighted by molar-refractivity contribution is 0.588. The summed E-state index contributed by atoms with van der Waals surface area (Å²) in [5, 5.41) is 0. The van der Waals surface area contributed by atoms with Gasteiger partial charge in [-0.1, -0.05) is 24.3 Å². The van der Waals surface area contributed by atoms with Gasteiger partial charge in [-0.15, -0.1) is 0 Å². The number of hydrogen-bond acceptors (Lipinski definition) is 1. The van der Waals surface area contributed by atoms with E-state index in [1.165, 1.54) is 6.07 Å². The van der Waals surface area contributed by atoms with Gasteiger partial charge in [-0.3, -0.25) is 0 Å². The van der Waals surface area contributed by atoms with Gasteiger partial charge in [-0.25, -0.2) is 8.78 Å². The normalized spacial score (nSPS) is 10.5. The third kappa shape index (κ3) is 2.88. The largest absolute Gasteiger partial charge is 0.326 e. The van der Waals surface area contributed by atoms with Crippen molar-refractivity contribution in [1.29, 1.82) is 0 Å². The van der Waals surface area contributed by atoms with Crippen LogP contribution in [0.1, 0.15) is 16.7 Å². The second-order valence-corrected chi connectivity index (χ2v) is 3.94. The van der Waals surface area contributed by atoms with Crippen molar-refractivity contribution in [2.24, 2.45) is 5.73 Å². The summed E-state index contributed by atoms with van der Waals surface area (Å²) in [6, 6.07) is 11.1. The zero-order valence-electron chi connectivity index (χ0n) is 9.29. The molecule has 0 aliphatic rings. The van der Waals surface area contributed by atoms with Crippen LogP contribution >= 0.6 is 0 Å². The molecule has 0 fully saturated rings. The highest BCUT2D eigenvalue weighted by atomic mass is 19.1. The van der Waals surface area contributed by atoms with E-state index in [4.69, 9.17) is 5.73 Å². The average Bonchev–Trinajstić information content (AvgIpc) is 2.34. The van der Waals surface area contributed by atoms with E-state index in [-0.39, 0.29) is 5.82 Å². The Morgan fingerprint density at radius 3 is 2.47 bits per heavy atom. The Morgan fingerprint density at radius 1 is 0.941 bits per heavy atom. The molecule has 0 aliphatic carbocycles. The summed E-state index contributed by atoms with van der Waals surface area (Å²) in [5.41, 5.74) is 7.81. The van der Waals surface area contributed by atoms with E-state index in [0.29, 0.717) is 18.5 Å². The Bertz CT molecular complexity index is 523. The minimum Gasteiger partial charge on any atom is -0.326 e. The summed E-state index contributed by atoms with van der Waals surface area (Å²) in [7, 11) is 0. The zero-order chi connectivity index (χ0) is 12.3. The van der Waals surface area contributed by atoms with Crippen LogP contribution in [0.25, 0.3) is 0 Å². The molecule has 2 aromatic rings. The first kappa shape index (κ1) is 11.7. The molecule has 2 aromatic carbocycles. The molecule has 0 spiro atoms. The number of halogens is 2. The van der Waals surface area contributed by atoms with Gasteiger partial charge in [0.15, 0.2) is 0 Å². The fraction of sp³-hybridized carbons (Fsp3) is 0.143. The molecule has 0 heterocycles. The highest BCUT2D eigenvalue weighted by Gasteiger charge is 2.05. The van der Waals surface area contributed by atoms with E-state index in [9.17, 15) is 8.78 Å². The second kappa shape index (κ2) is 5.06. The van der Waals surface area contributed by atoms with Gasteiger partial charge in [-0.05, 0) is 34.9 Å². The Morgan fingerprint density at radius 2 is 1.71 bits per heavy atom. The topological polar surface area (TPSA) is 26.0 Å². The van der Waals surface area contributed by atoms with Crippen LogP contribution in [-0.2, 0) is 13.0 Å². The number of hydrogen-bond donors (Lipinski definition) is 1. The molecule has 2 N–H and O–H groups in total. The molecule has 0 atom stereocenters. The van der Waals surface area contributed by atoms with E-state index in [2.05, 4.69) is 0 Å². The van der Waals surface area contributed by atoms with E-state index in [1.807, 2.05) is 24.3 Å². The Balaban J connectivity index is 2.27. The summed E-state index contributed by atoms with van der Waals surface area (Å²) in [6.45, 7) is 0.444. The van der Waals surface area contributed by atoms with Crippen molar-refractivity contribution in [3.63, 3.8) is 0 Å². The molecule has 0 aromatic heterocycles. The van der Waals surface area contributed by atoms with Crippen molar-refractivity contribution in [3.8, 4) is 0 Å². The smallest absolute Gasteiger partial charge is 0.126 e. The van der Waals surface area contributed by atoms with Gasteiger partial charge in [0.05, 0.1) is 0 Å². The molecular weight excluding hydrogens is 220 g/mol. The molecule has 0 unspecified atom stereocenters. The molecule has 0 amide bonds. The van der Waals surface area contributed by atoms with E-state index in [0.717, 1.165) is 23.3 Å². The fourth-order valence-electron chi connectivity index (χ4n) is 1.77. The van der Waals surface area contributed by atoms with Crippen molar-refractivity contribution in [3.05, 3.63) is 70.8 Å². The monoisotopic (exact) mass is 233 g/mol. The molecule has 1 nitrogen and oxygen atoms in total. The van der Waals surface area contributed by atoms with Crippen LogP contribution in [0.5, 0.6) is 0 Å². The second-order valence-electron chi connectivity index (χ2n) is 3.94. The minimum absolute atomic E-state index is 0.360. The van der Waals surface area contributed by atoms with Crippen LogP contribution in [-0.4, -0.2) is 0 Å². The molecule has 0 saturated carbocycles. The molecule has 88 valence electrons. The van der Waals surface area contributed by atoms with Gasteiger partial charge >= 0.3 is 0 Å². The van der Waals surface area contributed by atoms with Crippen molar-refractivity contribution in [1.82, 2.24) is 0 Å². The predicted molar refractivity (Wildman–Crippen MR) is 63.5 cm³/mol. The minimum atomic E-state index is -0.420. The zero-order valence-corrected chi connectivity index (χ0v) is 9.29. The number of nitrogens with two attached hydrogens (primary N) is 1. The van der Waals surface area contributed by atoms with Crippen LogP contribution in [0.2, 0.25) is 0 Å². The quantitative estimate of drug-likeness (QED) is 0.866. The molecule has 17 heavy (non-hydrogen) atoms. The van der Waals surface area contributed by atoms with Crippen LogP contribution < -0.4 is 5.73 Å². The number of rotatable bonds is 3. The Kier molecular flexibility index (Phi) is 3.49. The van der Waals surface area contributed by atoms with Crippen molar-refractivity contribution in [2.45, 2.75) is 13.0 Å². The lowest BCUT2D eigenvalue weighted by atomic mass is 10.0. The molecule has 2 rings (SSSR count). The number of benzene rings is 2. The maximum absolute atomic E-state index is 13.4. The SMILES string of the molecule is NCc1cccc(Cc2cc(F)ccc2F)c1. The van der Waals surface area contributed by atoms with E-state index < -0.39 is 5.82 Å². The van der Waals surface area contributed by atoms with Crippen LogP contribution in [0.15, 0.2) is 42.5 Å². The lowest BCUT2D eigenvalue weighted by Crippen LogP contribution is -1.98. The summed E-state index contributed by atoms with van der Waals surface area (Å²) >= 11 is 0. The van der Waals surface area contributed by atoms with Gasteiger partial charge in [0.2, 0.25) is 0 Å². The summed E-state index contributed by atoms with van der Waals surface area (Å²) in [4.78, 5) is 0. The Labute approximate surface area is 98.9 Å². The summed E-state index contributed by atoms with van der Waals surface area (Å²) in [5.74, 6) is -0.805. The van der Waals surface area contributed by atoms with Gasteiger partial charge in [0.25, 0.3) is 0 Å². The van der Waals surface area contributed by atoms with Crippen molar-refractivity contribution in [2.75, 3.05) is 0 Å². The maximum Gasteiger partial charge on any atom is 0.126 e. The van der Waals surface area contributed by atoms with Crippen LogP contribution in [0.4, 0.5) is 8.78 Å². The first-order chi connectivity index (χ1) is 8.19. The van der Waals surface area contributed by atoms with E-state index in [1.54, 1.807) is 0 Å². The molecule has 0 saturated heterocycles. The first-order valence-electron chi connectivity index (χ1n) is 5.41. The molecule has 0 aliphatic heterocycles. The first-order valence-corrected chi connectivity index (χ1v) is 5.41. The van der Waals surface area contributed by atoms with Gasteiger partial charge in [0.1, 0.15) is 11.6 Å². The molecule has 3 heteroatoms. The highest BCUT2D eigenvalue weighted by molar-refractivity contribution is 5.30. The average molecular weight is 233 g/mol. The van der Waals surface area contributed by atoms with Crippen LogP contribution in [0.3, 0.4) is 0 Å². The van der Waals surface area contributed by atoms with Gasteiger partial charge < -0.3 is 5.73 Å². The summed E-state index contributed by atoms with van der Waals surface area (Å²) < 4.78 is 26.5.